The molecule has 0 radical (unpaired) electrons. The van der Waals surface area contributed by atoms with Gasteiger partial charge < -0.3 is 5.32 Å². The lowest BCUT2D eigenvalue weighted by atomic mass is 9.86. The molecule has 1 atom stereocenters. The first-order chi connectivity index (χ1) is 20.0. The Labute approximate surface area is 245 Å². The van der Waals surface area contributed by atoms with Crippen LogP contribution in [0.2, 0.25) is 5.02 Å². The fraction of sp³-hybridized carbons (Fsp3) is 0.219. The first-order valence-corrected chi connectivity index (χ1v) is 15.6. The maximum absolute atomic E-state index is 13.7. The summed E-state index contributed by atoms with van der Waals surface area (Å²) < 4.78 is 31.7. The van der Waals surface area contributed by atoms with Gasteiger partial charge in [-0.05, 0) is 65.4 Å². The number of sulfonamides is 1. The van der Waals surface area contributed by atoms with Gasteiger partial charge in [0.2, 0.25) is 5.96 Å². The fourth-order valence-electron chi connectivity index (χ4n) is 5.24. The van der Waals surface area contributed by atoms with E-state index in [0.29, 0.717) is 24.5 Å². The zero-order chi connectivity index (χ0) is 28.2. The summed E-state index contributed by atoms with van der Waals surface area (Å²) in [7, 11) is -4.06. The van der Waals surface area contributed by atoms with Gasteiger partial charge in [-0.3, -0.25) is 4.99 Å². The van der Waals surface area contributed by atoms with Gasteiger partial charge in [-0.15, -0.1) is 4.40 Å². The molecule has 4 aromatic rings. The van der Waals surface area contributed by atoms with Crippen LogP contribution in [0.5, 0.6) is 0 Å². The molecule has 9 heteroatoms. The highest BCUT2D eigenvalue weighted by Gasteiger charge is 2.30. The molecule has 0 fully saturated rings. The van der Waals surface area contributed by atoms with Gasteiger partial charge in [0, 0.05) is 30.5 Å². The molecule has 1 N–H and O–H groups in total. The molecule has 7 nitrogen and oxygen atoms in total. The lowest BCUT2D eigenvalue weighted by Crippen LogP contribution is -2.46. The Morgan fingerprint density at radius 1 is 0.902 bits per heavy atom. The predicted molar refractivity (Wildman–Crippen MR) is 166 cm³/mol. The minimum Gasteiger partial charge on any atom is -0.312 e. The molecule has 2 heterocycles. The van der Waals surface area contributed by atoms with E-state index in [-0.39, 0.29) is 16.8 Å². The standard InChI is InChI=1S/C32H30ClN5O2S/c33-27-16-13-25(14-17-27)31-29(24-9-2-1-3-10-24)19-21-38(36-31)32(35-30-12-6-7-20-34-30)37-41(39,40)28-18-15-23-8-4-5-11-26(23)22-28/h1-5,8-11,13-18,22,29H,6-7,12,19-21H2,(H,34,35,37). The molecular formula is C32H30ClN5O2S. The van der Waals surface area contributed by atoms with Crippen LogP contribution in [-0.2, 0) is 10.0 Å². The van der Waals surface area contributed by atoms with Crippen LogP contribution in [0.1, 0.15) is 42.7 Å². The average molecular weight is 584 g/mol. The first-order valence-electron chi connectivity index (χ1n) is 13.8. The van der Waals surface area contributed by atoms with E-state index in [0.717, 1.165) is 52.7 Å². The van der Waals surface area contributed by atoms with E-state index in [9.17, 15) is 8.42 Å². The van der Waals surface area contributed by atoms with E-state index in [1.807, 2.05) is 66.7 Å². The predicted octanol–water partition coefficient (Wildman–Crippen LogP) is 6.60. The van der Waals surface area contributed by atoms with Crippen molar-refractivity contribution in [1.82, 2.24) is 10.3 Å². The lowest BCUT2D eigenvalue weighted by molar-refractivity contribution is 0.395. The number of hydrazone groups is 1. The largest absolute Gasteiger partial charge is 0.312 e. The van der Waals surface area contributed by atoms with Gasteiger partial charge in [-0.1, -0.05) is 84.4 Å². The van der Waals surface area contributed by atoms with Crippen molar-refractivity contribution in [2.45, 2.75) is 36.5 Å². The van der Waals surface area contributed by atoms with E-state index in [1.54, 1.807) is 23.2 Å². The highest BCUT2D eigenvalue weighted by atomic mass is 35.5. The van der Waals surface area contributed by atoms with Gasteiger partial charge in [0.05, 0.1) is 10.6 Å². The first kappa shape index (κ1) is 27.2. The number of halogens is 1. The summed E-state index contributed by atoms with van der Waals surface area (Å²) in [6, 6.07) is 30.5. The van der Waals surface area contributed by atoms with E-state index < -0.39 is 10.0 Å². The summed E-state index contributed by atoms with van der Waals surface area (Å²) in [5.41, 5.74) is 2.88. The van der Waals surface area contributed by atoms with Crippen LogP contribution in [0, 0.1) is 0 Å². The Morgan fingerprint density at radius 3 is 2.41 bits per heavy atom. The second kappa shape index (κ2) is 11.8. The summed E-state index contributed by atoms with van der Waals surface area (Å²) in [6.45, 7) is 1.17. The van der Waals surface area contributed by atoms with E-state index in [2.05, 4.69) is 26.8 Å². The van der Waals surface area contributed by atoms with Gasteiger partial charge >= 0.3 is 0 Å². The minimum absolute atomic E-state index is 0.0268. The SMILES string of the molecule is O=S(=O)(/N=C(/NC1=NCCCC1)N1CCC(c2ccccc2)C(c2ccc(Cl)cc2)=N1)c1ccc2ccccc2c1. The number of nitrogens with one attached hydrogen (secondary N) is 1. The number of rotatable bonds is 4. The third-order valence-electron chi connectivity index (χ3n) is 7.38. The third-order valence-corrected chi connectivity index (χ3v) is 8.90. The molecule has 2 aliphatic heterocycles. The topological polar surface area (TPSA) is 86.5 Å². The molecule has 0 bridgehead atoms. The van der Waals surface area contributed by atoms with Crippen LogP contribution in [0.25, 0.3) is 10.8 Å². The van der Waals surface area contributed by atoms with Gasteiger partial charge in [-0.2, -0.15) is 13.5 Å². The monoisotopic (exact) mass is 583 g/mol. The summed E-state index contributed by atoms with van der Waals surface area (Å²) in [5.74, 6) is 0.896. The Balaban J connectivity index is 1.44. The Bertz CT molecular complexity index is 1750. The summed E-state index contributed by atoms with van der Waals surface area (Å²) in [5, 5.41) is 12.4. The molecular weight excluding hydrogens is 554 g/mol. The number of aliphatic imine (C=N–C) groups is 1. The van der Waals surface area contributed by atoms with Crippen LogP contribution >= 0.6 is 11.6 Å². The van der Waals surface area contributed by atoms with Crippen molar-refractivity contribution < 1.29 is 8.42 Å². The zero-order valence-corrected chi connectivity index (χ0v) is 24.0. The zero-order valence-electron chi connectivity index (χ0n) is 22.4. The number of amidine groups is 1. The van der Waals surface area contributed by atoms with E-state index in [1.165, 1.54) is 0 Å². The molecule has 0 aromatic heterocycles. The molecule has 0 aliphatic carbocycles. The number of guanidine groups is 1. The van der Waals surface area contributed by atoms with Crippen molar-refractivity contribution in [3.8, 4) is 0 Å². The summed E-state index contributed by atoms with van der Waals surface area (Å²) >= 11 is 6.20. The second-order valence-electron chi connectivity index (χ2n) is 10.2. The van der Waals surface area contributed by atoms with Gasteiger partial charge in [-0.25, -0.2) is 5.01 Å². The minimum atomic E-state index is -4.06. The lowest BCUT2D eigenvalue weighted by Gasteiger charge is -2.32. The fourth-order valence-corrected chi connectivity index (χ4v) is 6.35. The number of benzene rings is 4. The molecule has 0 saturated carbocycles. The molecule has 0 amide bonds. The molecule has 0 spiro atoms. The molecule has 41 heavy (non-hydrogen) atoms. The summed E-state index contributed by atoms with van der Waals surface area (Å²) in [6.07, 6.45) is 3.43. The van der Waals surface area contributed by atoms with Gasteiger partial charge in [0.25, 0.3) is 10.0 Å². The van der Waals surface area contributed by atoms with Crippen LogP contribution in [0.15, 0.2) is 116 Å². The highest BCUT2D eigenvalue weighted by molar-refractivity contribution is 7.90. The smallest absolute Gasteiger partial charge is 0.285 e. The van der Waals surface area contributed by atoms with E-state index >= 15 is 0 Å². The van der Waals surface area contributed by atoms with Gasteiger partial charge in [0.15, 0.2) is 0 Å². The van der Waals surface area contributed by atoms with Crippen molar-refractivity contribution in [3.05, 3.63) is 113 Å². The number of nitrogens with zero attached hydrogens (tertiary/aromatic N) is 4. The Morgan fingerprint density at radius 2 is 1.66 bits per heavy atom. The van der Waals surface area contributed by atoms with Crippen molar-refractivity contribution >= 4 is 49.9 Å². The number of fused-ring (bicyclic) bond motifs is 1. The third kappa shape index (κ3) is 6.19. The summed E-state index contributed by atoms with van der Waals surface area (Å²) in [4.78, 5) is 4.72. The van der Waals surface area contributed by atoms with Crippen LogP contribution in [0.4, 0.5) is 0 Å². The van der Waals surface area contributed by atoms with Crippen molar-refractivity contribution in [3.63, 3.8) is 0 Å². The molecule has 2 aliphatic rings. The maximum Gasteiger partial charge on any atom is 0.285 e. The second-order valence-corrected chi connectivity index (χ2v) is 12.2. The maximum atomic E-state index is 13.7. The van der Waals surface area contributed by atoms with Crippen molar-refractivity contribution in [2.24, 2.45) is 14.5 Å². The Hall–Kier alpha value is -4.01. The van der Waals surface area contributed by atoms with Crippen LogP contribution in [-0.4, -0.2) is 44.0 Å². The van der Waals surface area contributed by atoms with E-state index in [4.69, 9.17) is 16.7 Å². The average Bonchev–Trinajstić information content (AvgIpc) is 3.01. The van der Waals surface area contributed by atoms with Crippen molar-refractivity contribution in [2.75, 3.05) is 13.1 Å². The van der Waals surface area contributed by atoms with Crippen LogP contribution in [0.3, 0.4) is 0 Å². The quantitative estimate of drug-likeness (QED) is 0.216. The highest BCUT2D eigenvalue weighted by Crippen LogP contribution is 2.30. The molecule has 6 rings (SSSR count). The Kier molecular flexibility index (Phi) is 7.85. The number of hydrogen-bond donors (Lipinski definition) is 1. The van der Waals surface area contributed by atoms with Crippen LogP contribution < -0.4 is 5.32 Å². The molecule has 1 unspecified atom stereocenters. The van der Waals surface area contributed by atoms with Gasteiger partial charge in [0.1, 0.15) is 5.84 Å². The normalized spacial score (nSPS) is 18.1. The number of hydrogen-bond acceptors (Lipinski definition) is 4. The molecule has 208 valence electrons. The van der Waals surface area contributed by atoms with Crippen molar-refractivity contribution in [1.29, 1.82) is 0 Å². The molecule has 0 saturated heterocycles. The molecule has 4 aromatic carbocycles.